The van der Waals surface area contributed by atoms with Crippen molar-refractivity contribution < 1.29 is 25.2 Å². The average Bonchev–Trinajstić information content (AvgIpc) is 1.39. The van der Waals surface area contributed by atoms with Gasteiger partial charge in [-0.1, -0.05) is 173 Å². The maximum Gasteiger partial charge on any atom is 0.0793 e. The van der Waals surface area contributed by atoms with Gasteiger partial charge in [-0.15, -0.1) is 0 Å². The van der Waals surface area contributed by atoms with E-state index in [0.29, 0.717) is 43.3 Å². The van der Waals surface area contributed by atoms with Crippen LogP contribution in [-0.4, -0.2) is 279 Å². The fourth-order valence-corrected chi connectivity index (χ4v) is 12.2. The number of likely N-dealkylation sites (tertiary alicyclic amines) is 6. The molecule has 8 aliphatic rings. The predicted molar refractivity (Wildman–Crippen MR) is 423 cm³/mol. The summed E-state index contributed by atoms with van der Waals surface area (Å²) in [7, 11) is 2.21. The van der Waals surface area contributed by atoms with Crippen molar-refractivity contribution >= 4 is 0 Å². The topological polar surface area (TPSA) is 119 Å². The number of hydrogen-bond acceptors (Lipinski definition) is 14. The summed E-state index contributed by atoms with van der Waals surface area (Å²) in [6.07, 6.45) is 22.1. The highest BCUT2D eigenvalue weighted by molar-refractivity contribution is 4.81. The Morgan fingerprint density at radius 1 is 0.237 bits per heavy atom. The van der Waals surface area contributed by atoms with Gasteiger partial charge < -0.3 is 59.5 Å². The number of rotatable bonds is 16. The molecule has 0 radical (unpaired) electrons. The minimum absolute atomic E-state index is 0.0362. The third-order valence-corrected chi connectivity index (χ3v) is 20.0. The van der Waals surface area contributed by atoms with E-state index in [0.717, 1.165) is 124 Å². The third-order valence-electron chi connectivity index (χ3n) is 20.0. The summed E-state index contributed by atoms with van der Waals surface area (Å²) in [6, 6.07) is 0. The number of β-amino-alcohol motifs (C(OH)–C–C–N with tert-alkyl or cyclic N) is 3. The van der Waals surface area contributed by atoms with Crippen LogP contribution in [0, 0.1) is 43.3 Å². The number of aliphatic hydroxyl groups excluding tert-OH is 4. The Kier molecular flexibility index (Phi) is 46.5. The molecular weight excluding hydrogens is 1200 g/mol. The van der Waals surface area contributed by atoms with Gasteiger partial charge in [-0.25, -0.2) is 0 Å². The van der Waals surface area contributed by atoms with Gasteiger partial charge in [0.05, 0.1) is 37.6 Å². The SMILES string of the molecule is CC(C)(C)CCN1CC(O)C1.CC(C)(C)CCN1CCC(O)CC1.CC(C)(C)CCN1CCCC(O)C1.CC(C)(C)CCN1CCCC1.CC(C)(C)CCN1CCCCC1.CC(C)(C)CCN1CCOCC1.CC(C)(C)CCN1CC[C@@H](O)C1.CN1CCN(CCC(C)(C)C)CC1. The molecule has 4 N–H and O–H groups in total. The van der Waals surface area contributed by atoms with Crippen LogP contribution < -0.4 is 0 Å². The quantitative estimate of drug-likeness (QED) is 0.117. The van der Waals surface area contributed by atoms with Gasteiger partial charge in [-0.05, 0) is 245 Å². The average molecular weight is 1380 g/mol. The minimum Gasteiger partial charge on any atom is -0.393 e. The Hall–Kier alpha value is -0.560. The minimum atomic E-state index is -0.0753. The highest BCUT2D eigenvalue weighted by Crippen LogP contribution is 2.27. The monoisotopic (exact) mass is 1380 g/mol. The highest BCUT2D eigenvalue weighted by Gasteiger charge is 2.27. The van der Waals surface area contributed by atoms with Crippen molar-refractivity contribution in [3.05, 3.63) is 0 Å². The van der Waals surface area contributed by atoms with Crippen LogP contribution in [0.25, 0.3) is 0 Å². The first-order valence-electron chi connectivity index (χ1n) is 40.4. The van der Waals surface area contributed by atoms with Crippen molar-refractivity contribution in [1.82, 2.24) is 44.1 Å². The molecule has 0 aromatic carbocycles. The number of piperidine rings is 3. The van der Waals surface area contributed by atoms with Crippen LogP contribution in [0.5, 0.6) is 0 Å². The lowest BCUT2D eigenvalue weighted by molar-refractivity contribution is -0.00288. The molecule has 0 aromatic heterocycles. The van der Waals surface area contributed by atoms with E-state index in [4.69, 9.17) is 9.84 Å². The van der Waals surface area contributed by atoms with Crippen LogP contribution in [0.3, 0.4) is 0 Å². The van der Waals surface area contributed by atoms with E-state index >= 15 is 0 Å². The molecule has 0 aliphatic carbocycles. The van der Waals surface area contributed by atoms with Crippen LogP contribution in [-0.2, 0) is 4.74 Å². The molecule has 2 atom stereocenters. The molecular formula is C83H175N9O5. The molecule has 14 heteroatoms. The zero-order chi connectivity index (χ0) is 73.7. The first-order valence-corrected chi connectivity index (χ1v) is 40.4. The predicted octanol–water partition coefficient (Wildman–Crippen LogP) is 15.2. The fraction of sp³-hybridized carbons (Fsp3) is 1.00. The summed E-state index contributed by atoms with van der Waals surface area (Å²) in [5, 5.41) is 37.1. The molecule has 1 unspecified atom stereocenters. The van der Waals surface area contributed by atoms with Gasteiger partial charge in [0.1, 0.15) is 0 Å². The lowest BCUT2D eigenvalue weighted by Crippen LogP contribution is -2.51. The van der Waals surface area contributed by atoms with Crippen molar-refractivity contribution in [2.75, 3.05) is 190 Å². The van der Waals surface area contributed by atoms with E-state index in [2.05, 4.69) is 217 Å². The van der Waals surface area contributed by atoms with E-state index in [1.807, 2.05) is 0 Å². The van der Waals surface area contributed by atoms with E-state index < -0.39 is 0 Å². The van der Waals surface area contributed by atoms with E-state index in [1.54, 1.807) is 0 Å². The van der Waals surface area contributed by atoms with Gasteiger partial charge in [0, 0.05) is 85.1 Å². The Morgan fingerprint density at radius 2 is 0.474 bits per heavy atom. The molecule has 8 rings (SSSR count). The molecule has 8 saturated heterocycles. The number of hydrogen-bond donors (Lipinski definition) is 4. The number of nitrogens with zero attached hydrogens (tertiary/aromatic N) is 9. The number of aliphatic hydroxyl groups is 4. The summed E-state index contributed by atoms with van der Waals surface area (Å²) in [4.78, 5) is 22.2. The maximum atomic E-state index is 9.47. The smallest absolute Gasteiger partial charge is 0.0793 e. The second-order valence-corrected chi connectivity index (χ2v) is 40.9. The fourth-order valence-electron chi connectivity index (χ4n) is 12.2. The number of morpholine rings is 1. The van der Waals surface area contributed by atoms with Crippen LogP contribution >= 0.6 is 0 Å². The second-order valence-electron chi connectivity index (χ2n) is 40.9. The molecule has 97 heavy (non-hydrogen) atoms. The third kappa shape index (κ3) is 60.4. The van der Waals surface area contributed by atoms with Gasteiger partial charge in [0.2, 0.25) is 0 Å². The Bertz CT molecular complexity index is 1750. The first kappa shape index (κ1) is 94.5. The van der Waals surface area contributed by atoms with Crippen molar-refractivity contribution in [3.8, 4) is 0 Å². The number of piperazine rings is 1. The molecule has 14 nitrogen and oxygen atoms in total. The lowest BCUT2D eigenvalue weighted by Gasteiger charge is -2.37. The number of likely N-dealkylation sites (N-methyl/N-ethyl adjacent to an activating group) is 1. The molecule has 0 saturated carbocycles. The molecule has 0 amide bonds. The van der Waals surface area contributed by atoms with Crippen LogP contribution in [0.4, 0.5) is 0 Å². The summed E-state index contributed by atoms with van der Waals surface area (Å²) < 4.78 is 5.29. The maximum absolute atomic E-state index is 9.47. The lowest BCUT2D eigenvalue weighted by atomic mass is 9.91. The molecule has 8 aliphatic heterocycles. The van der Waals surface area contributed by atoms with E-state index in [1.165, 1.54) is 175 Å². The molecule has 0 bridgehead atoms. The Balaban J connectivity index is 0.000000555. The van der Waals surface area contributed by atoms with Crippen molar-refractivity contribution in [2.24, 2.45) is 43.3 Å². The second kappa shape index (κ2) is 47.8. The highest BCUT2D eigenvalue weighted by atomic mass is 16.5. The Labute approximate surface area is 606 Å². The first-order chi connectivity index (χ1) is 44.6. The summed E-state index contributed by atoms with van der Waals surface area (Å²) in [5.74, 6) is 0. The van der Waals surface area contributed by atoms with Gasteiger partial charge in [-0.3, -0.25) is 9.80 Å². The van der Waals surface area contributed by atoms with Gasteiger partial charge in [0.25, 0.3) is 0 Å². The zero-order valence-electron chi connectivity index (χ0n) is 70.1. The van der Waals surface area contributed by atoms with Gasteiger partial charge >= 0.3 is 0 Å². The van der Waals surface area contributed by atoms with Crippen molar-refractivity contribution in [1.29, 1.82) is 0 Å². The standard InChI is InChI=1S/C11H24N2.2C11H23NO.C11H23N.2C10H21NO.C10H21N.C9H19NO/c1-11(2,3)5-6-13-9-7-12(4)8-10-13;1-11(2,3)6-9-12-7-4-10(13)5-8-12;1-11(2,3)6-8-12-7-4-5-10(13)9-12;1-11(2,3)7-10-12-8-5-4-6-9-12;1-10(2,3)5-7-11-6-4-9(12)8-11;1-10(2,3)4-5-11-6-8-12-9-7-11;1-10(2,3)6-9-11-7-4-5-8-11;1-9(2,3)4-5-10-6-8(11)7-10/h5-10H2,1-4H3;2*10,13H,4-9H2,1-3H3;4-10H2,1-3H3;9,12H,4-8H2,1-3H3;4-9H2,1-3H3;4-9H2,1-3H3;8,11H,4-7H2,1-3H3/t;;;;9-;;;/m....1.../s1. The van der Waals surface area contributed by atoms with Crippen molar-refractivity contribution in [3.63, 3.8) is 0 Å². The van der Waals surface area contributed by atoms with Crippen LogP contribution in [0.15, 0.2) is 0 Å². The summed E-state index contributed by atoms with van der Waals surface area (Å²) >= 11 is 0. The molecule has 8 fully saturated rings. The van der Waals surface area contributed by atoms with Crippen LogP contribution in [0.2, 0.25) is 0 Å². The largest absolute Gasteiger partial charge is 0.393 e. The molecule has 0 spiro atoms. The van der Waals surface area contributed by atoms with E-state index in [9.17, 15) is 15.3 Å². The normalized spacial score (nSPS) is 22.9. The summed E-state index contributed by atoms with van der Waals surface area (Å²) in [5.41, 5.74) is 3.70. The molecule has 582 valence electrons. The van der Waals surface area contributed by atoms with Crippen molar-refractivity contribution in [2.45, 2.75) is 306 Å². The van der Waals surface area contributed by atoms with Gasteiger partial charge in [0.15, 0.2) is 0 Å². The van der Waals surface area contributed by atoms with Gasteiger partial charge in [-0.2, -0.15) is 0 Å². The number of ether oxygens (including phenoxy) is 1. The molecule has 8 heterocycles. The summed E-state index contributed by atoms with van der Waals surface area (Å²) in [6.45, 7) is 87.2. The van der Waals surface area contributed by atoms with E-state index in [-0.39, 0.29) is 24.4 Å². The molecule has 0 aromatic rings. The van der Waals surface area contributed by atoms with Crippen LogP contribution in [0.1, 0.15) is 282 Å². The zero-order valence-corrected chi connectivity index (χ0v) is 70.1. The Morgan fingerprint density at radius 3 is 0.794 bits per heavy atom.